The van der Waals surface area contributed by atoms with Gasteiger partial charge in [-0.05, 0) is 32.1 Å². The Bertz CT molecular complexity index is 236. The summed E-state index contributed by atoms with van der Waals surface area (Å²) in [5.74, 6) is 0.442. The van der Waals surface area contributed by atoms with Gasteiger partial charge in [-0.15, -0.1) is 9.42 Å². The Balaban J connectivity index is 5.10. The topological polar surface area (TPSA) is 46.5 Å². The van der Waals surface area contributed by atoms with Crippen LogP contribution >= 0.6 is 8.25 Å². The van der Waals surface area contributed by atoms with Crippen LogP contribution < -0.4 is 0 Å². The minimum atomic E-state index is -2.54. The summed E-state index contributed by atoms with van der Waals surface area (Å²) in [6.45, 7) is 12.5. The highest BCUT2D eigenvalue weighted by atomic mass is 31.1. The van der Waals surface area contributed by atoms with Crippen molar-refractivity contribution in [3.05, 3.63) is 0 Å². The van der Waals surface area contributed by atoms with Gasteiger partial charge >= 0.3 is 8.25 Å². The van der Waals surface area contributed by atoms with E-state index in [0.717, 1.165) is 19.3 Å². The molecule has 2 unspecified atom stereocenters. The maximum absolute atomic E-state index is 11.0. The Kier molecular flexibility index (Phi) is 6.10. The smallest absolute Gasteiger partial charge is 0.133 e. The molecule has 0 bridgehead atoms. The first kappa shape index (κ1) is 16.0. The Labute approximate surface area is 101 Å². The second kappa shape index (κ2) is 6.09. The van der Waals surface area contributed by atoms with E-state index in [9.17, 15) is 4.57 Å². The SMILES string of the molecule is CCC(C)(CC)C(C)(CC(C)C)O[P+](=O)O. The van der Waals surface area contributed by atoms with Crippen LogP contribution in [-0.4, -0.2) is 10.5 Å². The highest BCUT2D eigenvalue weighted by Gasteiger charge is 2.49. The molecule has 1 N–H and O–H groups in total. The first-order valence-corrected chi connectivity index (χ1v) is 7.19. The Morgan fingerprint density at radius 1 is 1.25 bits per heavy atom. The summed E-state index contributed by atoms with van der Waals surface area (Å²) >= 11 is 0. The predicted octanol–water partition coefficient (Wildman–Crippen LogP) is 4.28. The third-order valence-corrected chi connectivity index (χ3v) is 4.47. The van der Waals surface area contributed by atoms with E-state index in [4.69, 9.17) is 9.42 Å². The molecule has 0 aliphatic carbocycles. The zero-order chi connectivity index (χ0) is 13.0. The minimum Gasteiger partial charge on any atom is -0.133 e. The van der Waals surface area contributed by atoms with Crippen molar-refractivity contribution in [1.82, 2.24) is 0 Å². The third-order valence-electron chi connectivity index (χ3n) is 3.91. The summed E-state index contributed by atoms with van der Waals surface area (Å²) in [7, 11) is -2.54. The van der Waals surface area contributed by atoms with Crippen LogP contribution in [0.3, 0.4) is 0 Å². The second-order valence-corrected chi connectivity index (χ2v) is 6.08. The lowest BCUT2D eigenvalue weighted by Gasteiger charge is -2.42. The van der Waals surface area contributed by atoms with Gasteiger partial charge in [-0.3, -0.25) is 0 Å². The van der Waals surface area contributed by atoms with Gasteiger partial charge in [0.25, 0.3) is 0 Å². The molecule has 0 rings (SSSR count). The molecule has 0 aromatic heterocycles. The molecule has 0 aromatic rings. The summed E-state index contributed by atoms with van der Waals surface area (Å²) in [5, 5.41) is 0. The predicted molar refractivity (Wildman–Crippen MR) is 67.5 cm³/mol. The Morgan fingerprint density at radius 3 is 1.94 bits per heavy atom. The fourth-order valence-corrected chi connectivity index (χ4v) is 2.98. The van der Waals surface area contributed by atoms with Crippen LogP contribution in [0.4, 0.5) is 0 Å². The fraction of sp³-hybridized carbons (Fsp3) is 1.00. The van der Waals surface area contributed by atoms with Crippen molar-refractivity contribution in [2.75, 3.05) is 0 Å². The van der Waals surface area contributed by atoms with Crippen LogP contribution in [0.25, 0.3) is 0 Å². The average molecular weight is 249 g/mol. The van der Waals surface area contributed by atoms with Gasteiger partial charge in [0.2, 0.25) is 0 Å². The molecule has 16 heavy (non-hydrogen) atoms. The summed E-state index contributed by atoms with van der Waals surface area (Å²) in [4.78, 5) is 9.04. The first-order chi connectivity index (χ1) is 7.20. The van der Waals surface area contributed by atoms with E-state index < -0.39 is 13.9 Å². The number of rotatable bonds is 7. The van der Waals surface area contributed by atoms with E-state index in [2.05, 4.69) is 34.6 Å². The molecule has 0 amide bonds. The summed E-state index contributed by atoms with van der Waals surface area (Å²) in [6, 6.07) is 0. The van der Waals surface area contributed by atoms with Gasteiger partial charge in [-0.1, -0.05) is 34.6 Å². The molecule has 2 atom stereocenters. The molecular formula is C12H26O3P+. The van der Waals surface area contributed by atoms with Gasteiger partial charge in [0, 0.05) is 9.98 Å². The van der Waals surface area contributed by atoms with E-state index in [-0.39, 0.29) is 5.41 Å². The van der Waals surface area contributed by atoms with Crippen LogP contribution in [0.5, 0.6) is 0 Å². The molecule has 0 aliphatic rings. The highest BCUT2D eigenvalue weighted by molar-refractivity contribution is 7.32. The minimum absolute atomic E-state index is 0.0645. The van der Waals surface area contributed by atoms with Gasteiger partial charge in [-0.2, -0.15) is 0 Å². The molecule has 0 saturated carbocycles. The summed E-state index contributed by atoms with van der Waals surface area (Å²) in [6.07, 6.45) is 2.68. The second-order valence-electron chi connectivity index (χ2n) is 5.43. The van der Waals surface area contributed by atoms with E-state index in [1.54, 1.807) is 0 Å². The fourth-order valence-electron chi connectivity index (χ4n) is 2.34. The zero-order valence-corrected chi connectivity index (χ0v) is 12.3. The van der Waals surface area contributed by atoms with Crippen LogP contribution in [0.15, 0.2) is 0 Å². The maximum atomic E-state index is 11.0. The van der Waals surface area contributed by atoms with E-state index >= 15 is 0 Å². The standard InChI is InChI=1S/C12H25O3P/c1-7-11(5,8-2)12(6,9-10(3)4)15-16(13)14/h10H,7-9H2,1-6H3/p+1. The molecule has 0 saturated heterocycles. The van der Waals surface area contributed by atoms with Crippen molar-refractivity contribution in [2.24, 2.45) is 11.3 Å². The molecular weight excluding hydrogens is 223 g/mol. The maximum Gasteiger partial charge on any atom is 0.695 e. The molecule has 0 fully saturated rings. The molecule has 3 nitrogen and oxygen atoms in total. The summed E-state index contributed by atoms with van der Waals surface area (Å²) in [5.41, 5.74) is -0.599. The van der Waals surface area contributed by atoms with Gasteiger partial charge < -0.3 is 0 Å². The Hall–Kier alpha value is 0.0200. The summed E-state index contributed by atoms with van der Waals surface area (Å²) < 4.78 is 16.4. The molecule has 0 heterocycles. The number of hydrogen-bond donors (Lipinski definition) is 1. The lowest BCUT2D eigenvalue weighted by Crippen LogP contribution is -2.45. The quantitative estimate of drug-likeness (QED) is 0.685. The normalized spacial score (nSPS) is 17.4. The zero-order valence-electron chi connectivity index (χ0n) is 11.4. The van der Waals surface area contributed by atoms with Gasteiger partial charge in [-0.25, -0.2) is 0 Å². The van der Waals surface area contributed by atoms with Gasteiger partial charge in [0.15, 0.2) is 0 Å². The lowest BCUT2D eigenvalue weighted by molar-refractivity contribution is -0.0586. The van der Waals surface area contributed by atoms with Crippen molar-refractivity contribution >= 4 is 8.25 Å². The van der Waals surface area contributed by atoms with E-state index in [1.807, 2.05) is 6.92 Å². The van der Waals surface area contributed by atoms with Crippen molar-refractivity contribution in [1.29, 1.82) is 0 Å². The van der Waals surface area contributed by atoms with Crippen molar-refractivity contribution in [2.45, 2.75) is 66.4 Å². The molecule has 0 spiro atoms. The molecule has 0 aromatic carbocycles. The van der Waals surface area contributed by atoms with Gasteiger partial charge in [0.05, 0.1) is 0 Å². The first-order valence-electron chi connectivity index (χ1n) is 6.06. The van der Waals surface area contributed by atoms with E-state index in [0.29, 0.717) is 5.92 Å². The molecule has 0 aliphatic heterocycles. The molecule has 4 heteroatoms. The molecule has 96 valence electrons. The van der Waals surface area contributed by atoms with Gasteiger partial charge in [0.1, 0.15) is 5.60 Å². The average Bonchev–Trinajstić information content (AvgIpc) is 2.13. The van der Waals surface area contributed by atoms with E-state index in [1.165, 1.54) is 0 Å². The monoisotopic (exact) mass is 249 g/mol. The van der Waals surface area contributed by atoms with Crippen molar-refractivity contribution in [3.8, 4) is 0 Å². The molecule has 0 radical (unpaired) electrons. The Morgan fingerprint density at radius 2 is 1.69 bits per heavy atom. The van der Waals surface area contributed by atoms with Crippen molar-refractivity contribution < 1.29 is 14.0 Å². The van der Waals surface area contributed by atoms with Crippen LogP contribution in [0.2, 0.25) is 0 Å². The van der Waals surface area contributed by atoms with Crippen LogP contribution in [0.1, 0.15) is 60.8 Å². The van der Waals surface area contributed by atoms with Crippen LogP contribution in [0, 0.1) is 11.3 Å². The van der Waals surface area contributed by atoms with Crippen molar-refractivity contribution in [3.63, 3.8) is 0 Å². The largest absolute Gasteiger partial charge is 0.695 e. The number of hydrogen-bond acceptors (Lipinski definition) is 2. The lowest BCUT2D eigenvalue weighted by atomic mass is 9.67. The highest BCUT2D eigenvalue weighted by Crippen LogP contribution is 2.48. The van der Waals surface area contributed by atoms with Crippen LogP contribution in [-0.2, 0) is 9.09 Å². The third kappa shape index (κ3) is 3.80.